The van der Waals surface area contributed by atoms with Gasteiger partial charge in [-0.25, -0.2) is 4.98 Å². The van der Waals surface area contributed by atoms with E-state index in [2.05, 4.69) is 24.1 Å². The summed E-state index contributed by atoms with van der Waals surface area (Å²) in [5.74, 6) is 0.840. The molecule has 0 saturated carbocycles. The second-order valence-corrected chi connectivity index (χ2v) is 6.54. The van der Waals surface area contributed by atoms with Crippen LogP contribution in [0.3, 0.4) is 0 Å². The van der Waals surface area contributed by atoms with Crippen molar-refractivity contribution < 1.29 is 9.53 Å². The molecule has 1 heterocycles. The molecule has 0 fully saturated rings. The van der Waals surface area contributed by atoms with Crippen molar-refractivity contribution in [2.45, 2.75) is 46.6 Å². The summed E-state index contributed by atoms with van der Waals surface area (Å²) in [5, 5.41) is 3.29. The van der Waals surface area contributed by atoms with Gasteiger partial charge in [0.1, 0.15) is 11.4 Å². The molecule has 0 unspecified atom stereocenters. The Hall–Kier alpha value is -2.56. The van der Waals surface area contributed by atoms with Crippen LogP contribution in [0.1, 0.15) is 51.0 Å². The number of benzene rings is 1. The number of ether oxygens (including phenoxy) is 1. The van der Waals surface area contributed by atoms with Crippen LogP contribution in [0.15, 0.2) is 42.6 Å². The van der Waals surface area contributed by atoms with Crippen molar-refractivity contribution in [3.8, 4) is 5.75 Å². The van der Waals surface area contributed by atoms with Crippen molar-refractivity contribution in [3.63, 3.8) is 0 Å². The molecule has 0 spiro atoms. The molecule has 0 aliphatic carbocycles. The predicted octanol–water partition coefficient (Wildman–Crippen LogP) is 4.87. The third-order valence-electron chi connectivity index (χ3n) is 3.77. The average molecular weight is 355 g/mol. The van der Waals surface area contributed by atoms with Gasteiger partial charge in [0.2, 0.25) is 0 Å². The molecular formula is C21H29N3O2. The van der Waals surface area contributed by atoms with Crippen LogP contribution in [0.2, 0.25) is 0 Å². The van der Waals surface area contributed by atoms with Crippen LogP contribution in [0.5, 0.6) is 5.75 Å². The standard InChI is InChI=1S/C21H29N3O2/c1-5-13-24(14-6-2)21(25)20-12-9-18(15-22-20)23-17-7-10-19(11-8-17)26-16(3)4/h7-12,15-16,23H,5-6,13-14H2,1-4H3. The number of carbonyl (C=O) groups is 1. The van der Waals surface area contributed by atoms with Gasteiger partial charge >= 0.3 is 0 Å². The van der Waals surface area contributed by atoms with Gasteiger partial charge in [-0.1, -0.05) is 13.8 Å². The number of amides is 1. The maximum Gasteiger partial charge on any atom is 0.272 e. The fourth-order valence-electron chi connectivity index (χ4n) is 2.67. The van der Waals surface area contributed by atoms with Gasteiger partial charge in [-0.2, -0.15) is 0 Å². The summed E-state index contributed by atoms with van der Waals surface area (Å²) < 4.78 is 5.64. The Kier molecular flexibility index (Phi) is 7.45. The summed E-state index contributed by atoms with van der Waals surface area (Å²) in [6, 6.07) is 11.4. The Morgan fingerprint density at radius 3 is 2.15 bits per heavy atom. The molecule has 0 aliphatic heterocycles. The van der Waals surface area contributed by atoms with Crippen molar-refractivity contribution in [2.75, 3.05) is 18.4 Å². The van der Waals surface area contributed by atoms with E-state index in [1.54, 1.807) is 12.3 Å². The topological polar surface area (TPSA) is 54.5 Å². The quantitative estimate of drug-likeness (QED) is 0.697. The Balaban J connectivity index is 2.01. The van der Waals surface area contributed by atoms with Crippen LogP contribution < -0.4 is 10.1 Å². The first kappa shape index (κ1) is 19.8. The molecule has 1 amide bonds. The van der Waals surface area contributed by atoms with E-state index < -0.39 is 0 Å². The smallest absolute Gasteiger partial charge is 0.272 e. The highest BCUT2D eigenvalue weighted by molar-refractivity contribution is 5.92. The summed E-state index contributed by atoms with van der Waals surface area (Å²) in [6.07, 6.45) is 3.74. The lowest BCUT2D eigenvalue weighted by Crippen LogP contribution is -2.33. The van der Waals surface area contributed by atoms with Gasteiger partial charge in [0, 0.05) is 18.8 Å². The van der Waals surface area contributed by atoms with Gasteiger partial charge in [-0.3, -0.25) is 4.79 Å². The van der Waals surface area contributed by atoms with Gasteiger partial charge in [-0.05, 0) is 63.1 Å². The molecule has 0 radical (unpaired) electrons. The van der Waals surface area contributed by atoms with E-state index >= 15 is 0 Å². The molecule has 1 N–H and O–H groups in total. The van der Waals surface area contributed by atoms with Crippen LogP contribution >= 0.6 is 0 Å². The largest absolute Gasteiger partial charge is 0.491 e. The van der Waals surface area contributed by atoms with Crippen molar-refractivity contribution in [2.24, 2.45) is 0 Å². The average Bonchev–Trinajstić information content (AvgIpc) is 2.63. The highest BCUT2D eigenvalue weighted by Gasteiger charge is 2.15. The fourth-order valence-corrected chi connectivity index (χ4v) is 2.67. The first-order valence-electron chi connectivity index (χ1n) is 9.32. The monoisotopic (exact) mass is 355 g/mol. The van der Waals surface area contributed by atoms with E-state index in [-0.39, 0.29) is 12.0 Å². The molecule has 1 aromatic heterocycles. The number of nitrogens with zero attached hydrogens (tertiary/aromatic N) is 2. The molecule has 5 heteroatoms. The number of hydrogen-bond donors (Lipinski definition) is 1. The zero-order valence-corrected chi connectivity index (χ0v) is 16.2. The summed E-state index contributed by atoms with van der Waals surface area (Å²) in [7, 11) is 0. The maximum absolute atomic E-state index is 12.5. The van der Waals surface area contributed by atoms with Crippen LogP contribution in [0, 0.1) is 0 Å². The Morgan fingerprint density at radius 1 is 1.04 bits per heavy atom. The van der Waals surface area contributed by atoms with E-state index in [4.69, 9.17) is 4.74 Å². The normalized spacial score (nSPS) is 10.7. The van der Waals surface area contributed by atoms with Gasteiger partial charge < -0.3 is 15.0 Å². The molecule has 2 rings (SSSR count). The molecule has 0 saturated heterocycles. The molecule has 1 aromatic carbocycles. The summed E-state index contributed by atoms with van der Waals surface area (Å²) in [4.78, 5) is 18.8. The second kappa shape index (κ2) is 9.80. The maximum atomic E-state index is 12.5. The number of rotatable bonds is 9. The molecule has 0 bridgehead atoms. The lowest BCUT2D eigenvalue weighted by atomic mass is 10.2. The molecule has 26 heavy (non-hydrogen) atoms. The number of carbonyl (C=O) groups excluding carboxylic acids is 1. The molecule has 0 aliphatic rings. The Morgan fingerprint density at radius 2 is 1.65 bits per heavy atom. The second-order valence-electron chi connectivity index (χ2n) is 6.54. The molecule has 2 aromatic rings. The van der Waals surface area contributed by atoms with Gasteiger partial charge in [0.15, 0.2) is 0 Å². The van der Waals surface area contributed by atoms with E-state index in [9.17, 15) is 4.79 Å². The van der Waals surface area contributed by atoms with E-state index in [0.717, 1.165) is 43.1 Å². The third kappa shape index (κ3) is 5.76. The number of pyridine rings is 1. The van der Waals surface area contributed by atoms with E-state index in [1.807, 2.05) is 49.1 Å². The van der Waals surface area contributed by atoms with Crippen molar-refractivity contribution in [1.82, 2.24) is 9.88 Å². The Bertz CT molecular complexity index is 675. The SMILES string of the molecule is CCCN(CCC)C(=O)c1ccc(Nc2ccc(OC(C)C)cc2)cn1. The van der Waals surface area contributed by atoms with Gasteiger partial charge in [0.25, 0.3) is 5.91 Å². The third-order valence-corrected chi connectivity index (χ3v) is 3.77. The van der Waals surface area contributed by atoms with Crippen molar-refractivity contribution in [1.29, 1.82) is 0 Å². The van der Waals surface area contributed by atoms with Crippen molar-refractivity contribution in [3.05, 3.63) is 48.3 Å². The first-order valence-corrected chi connectivity index (χ1v) is 9.32. The lowest BCUT2D eigenvalue weighted by Gasteiger charge is -2.21. The predicted molar refractivity (Wildman–Crippen MR) is 106 cm³/mol. The minimum Gasteiger partial charge on any atom is -0.491 e. The van der Waals surface area contributed by atoms with Crippen molar-refractivity contribution >= 4 is 17.3 Å². The molecular weight excluding hydrogens is 326 g/mol. The zero-order valence-electron chi connectivity index (χ0n) is 16.2. The first-order chi connectivity index (χ1) is 12.5. The van der Waals surface area contributed by atoms with Gasteiger partial charge in [0.05, 0.1) is 18.0 Å². The number of hydrogen-bond acceptors (Lipinski definition) is 4. The fraction of sp³-hybridized carbons (Fsp3) is 0.429. The van der Waals surface area contributed by atoms with Crippen LogP contribution in [0.4, 0.5) is 11.4 Å². The molecule has 0 atom stereocenters. The minimum absolute atomic E-state index is 0.00422. The van der Waals surface area contributed by atoms with E-state index in [0.29, 0.717) is 5.69 Å². The summed E-state index contributed by atoms with van der Waals surface area (Å²) in [6.45, 7) is 9.69. The summed E-state index contributed by atoms with van der Waals surface area (Å²) >= 11 is 0. The molecule has 140 valence electrons. The number of anilines is 2. The van der Waals surface area contributed by atoms with E-state index in [1.165, 1.54) is 0 Å². The highest BCUT2D eigenvalue weighted by Crippen LogP contribution is 2.20. The van der Waals surface area contributed by atoms with Gasteiger partial charge in [-0.15, -0.1) is 0 Å². The number of aromatic nitrogens is 1. The Labute approximate surface area is 156 Å². The molecule has 5 nitrogen and oxygen atoms in total. The minimum atomic E-state index is -0.00422. The van der Waals surface area contributed by atoms with Crippen LogP contribution in [-0.2, 0) is 0 Å². The number of nitrogens with one attached hydrogen (secondary N) is 1. The highest BCUT2D eigenvalue weighted by atomic mass is 16.5. The van der Waals surface area contributed by atoms with Crippen LogP contribution in [-0.4, -0.2) is 35.0 Å². The van der Waals surface area contributed by atoms with Crippen LogP contribution in [0.25, 0.3) is 0 Å². The zero-order chi connectivity index (χ0) is 18.9. The summed E-state index contributed by atoms with van der Waals surface area (Å²) in [5.41, 5.74) is 2.27. The lowest BCUT2D eigenvalue weighted by molar-refractivity contribution is 0.0749.